The summed E-state index contributed by atoms with van der Waals surface area (Å²) < 4.78 is 0. The fraction of sp³-hybridized carbons (Fsp3) is 0.955. The summed E-state index contributed by atoms with van der Waals surface area (Å²) in [6.07, 6.45) is 9.29. The van der Waals surface area contributed by atoms with Crippen LogP contribution in [0, 0.1) is 35.0 Å². The predicted molar refractivity (Wildman–Crippen MR) is 99.7 cm³/mol. The van der Waals surface area contributed by atoms with Crippen LogP contribution in [0.3, 0.4) is 0 Å². The Morgan fingerprint density at radius 3 is 2.73 bits per heavy atom. The van der Waals surface area contributed by atoms with Gasteiger partial charge < -0.3 is 10.2 Å². The Bertz CT molecular complexity index is 606. The lowest BCUT2D eigenvalue weighted by Gasteiger charge is -2.62. The van der Waals surface area contributed by atoms with Gasteiger partial charge in [0.1, 0.15) is 0 Å². The molecule has 2 saturated carbocycles. The van der Waals surface area contributed by atoms with Gasteiger partial charge in [0.05, 0.1) is 11.6 Å². The summed E-state index contributed by atoms with van der Waals surface area (Å²) in [6.45, 7) is 5.97. The molecule has 0 aromatic heterocycles. The maximum absolute atomic E-state index is 11.2. The molecule has 5 rings (SSSR count). The van der Waals surface area contributed by atoms with Crippen molar-refractivity contribution in [2.24, 2.45) is 35.0 Å². The Morgan fingerprint density at radius 2 is 2.00 bits per heavy atom. The highest BCUT2D eigenvalue weighted by molar-refractivity contribution is 5.66. The average molecular weight is 362 g/mol. The van der Waals surface area contributed by atoms with Gasteiger partial charge in [-0.15, -0.1) is 0 Å². The highest BCUT2D eigenvalue weighted by Gasteiger charge is 2.78. The standard InChI is InChI=1S/C22H35NO3/c1-13(2)15-5-6-16-14-9-11-22-17(7-8-18(22)24)21(16,10-3-4-19(25)26)20(15)23(22)12-14/h13-18,20,24H,3-12H2,1-2H3,(H,25,26)/t14-,15-,16+,17+,18-,20+,21+,22-/m1/s1. The van der Waals surface area contributed by atoms with Gasteiger partial charge in [0.15, 0.2) is 0 Å². The van der Waals surface area contributed by atoms with Gasteiger partial charge in [-0.2, -0.15) is 0 Å². The van der Waals surface area contributed by atoms with E-state index < -0.39 is 5.97 Å². The molecular weight excluding hydrogens is 326 g/mol. The van der Waals surface area contributed by atoms with Gasteiger partial charge in [-0.05, 0) is 86.4 Å². The van der Waals surface area contributed by atoms with E-state index >= 15 is 0 Å². The molecule has 0 amide bonds. The lowest BCUT2D eigenvalue weighted by molar-refractivity contribution is -0.145. The fourth-order valence-electron chi connectivity index (χ4n) is 9.13. The molecular formula is C22H35NO3. The van der Waals surface area contributed by atoms with E-state index in [0.29, 0.717) is 30.2 Å². The minimum atomic E-state index is -0.651. The van der Waals surface area contributed by atoms with Gasteiger partial charge in [-0.25, -0.2) is 0 Å². The van der Waals surface area contributed by atoms with Crippen molar-refractivity contribution < 1.29 is 15.0 Å². The zero-order valence-electron chi connectivity index (χ0n) is 16.4. The van der Waals surface area contributed by atoms with E-state index in [9.17, 15) is 15.0 Å². The second-order valence-electron chi connectivity index (χ2n) is 10.5. The number of nitrogens with zero attached hydrogens (tertiary/aromatic N) is 1. The average Bonchev–Trinajstić information content (AvgIpc) is 2.96. The normalized spacial score (nSPS) is 53.9. The first-order valence-corrected chi connectivity index (χ1v) is 11.1. The molecule has 2 N–H and O–H groups in total. The maximum atomic E-state index is 11.2. The molecule has 3 aliphatic heterocycles. The second-order valence-corrected chi connectivity index (χ2v) is 10.5. The Balaban J connectivity index is 1.62. The molecule has 0 aromatic carbocycles. The van der Waals surface area contributed by atoms with Crippen molar-refractivity contribution in [2.75, 3.05) is 6.54 Å². The van der Waals surface area contributed by atoms with Crippen molar-refractivity contribution in [1.82, 2.24) is 4.90 Å². The van der Waals surface area contributed by atoms with Gasteiger partial charge in [-0.1, -0.05) is 13.8 Å². The van der Waals surface area contributed by atoms with Gasteiger partial charge >= 0.3 is 5.97 Å². The number of carbonyl (C=O) groups is 1. The van der Waals surface area contributed by atoms with E-state index in [1.165, 1.54) is 32.2 Å². The van der Waals surface area contributed by atoms with E-state index in [1.54, 1.807) is 0 Å². The Kier molecular flexibility index (Phi) is 3.83. The van der Waals surface area contributed by atoms with Crippen LogP contribution in [0.5, 0.6) is 0 Å². The molecule has 3 heterocycles. The summed E-state index contributed by atoms with van der Waals surface area (Å²) in [4.78, 5) is 14.1. The summed E-state index contributed by atoms with van der Waals surface area (Å²) in [5.41, 5.74) is 0.302. The van der Waals surface area contributed by atoms with Gasteiger partial charge in [0.2, 0.25) is 0 Å². The Hall–Kier alpha value is -0.610. The Labute approximate surface area is 157 Å². The van der Waals surface area contributed by atoms with E-state index in [0.717, 1.165) is 37.5 Å². The largest absolute Gasteiger partial charge is 0.481 e. The molecule has 9 atom stereocenters. The molecule has 5 aliphatic rings. The summed E-state index contributed by atoms with van der Waals surface area (Å²) in [7, 11) is 0. The van der Waals surface area contributed by atoms with E-state index in [-0.39, 0.29) is 17.1 Å². The van der Waals surface area contributed by atoms with Gasteiger partial charge in [-0.3, -0.25) is 9.69 Å². The number of aliphatic hydroxyl groups excluding tert-OH is 1. The number of hydrogen-bond acceptors (Lipinski definition) is 3. The van der Waals surface area contributed by atoms with Crippen LogP contribution >= 0.6 is 0 Å². The zero-order valence-corrected chi connectivity index (χ0v) is 16.4. The van der Waals surface area contributed by atoms with Crippen LogP contribution in [0.4, 0.5) is 0 Å². The summed E-state index contributed by atoms with van der Waals surface area (Å²) in [5.74, 6) is 2.89. The monoisotopic (exact) mass is 361 g/mol. The number of carboxylic acids is 1. The molecule has 5 bridgehead atoms. The first-order valence-electron chi connectivity index (χ1n) is 11.1. The summed E-state index contributed by atoms with van der Waals surface area (Å²) in [5, 5.41) is 20.4. The summed E-state index contributed by atoms with van der Waals surface area (Å²) in [6, 6.07) is 0.589. The highest BCUT2D eigenvalue weighted by atomic mass is 16.4. The second kappa shape index (κ2) is 5.70. The molecule has 0 radical (unpaired) electrons. The van der Waals surface area contributed by atoms with Crippen molar-refractivity contribution in [3.63, 3.8) is 0 Å². The van der Waals surface area contributed by atoms with Crippen molar-refractivity contribution in [3.05, 3.63) is 0 Å². The van der Waals surface area contributed by atoms with Crippen molar-refractivity contribution in [2.45, 2.75) is 89.3 Å². The maximum Gasteiger partial charge on any atom is 0.303 e. The molecule has 26 heavy (non-hydrogen) atoms. The Morgan fingerprint density at radius 1 is 1.19 bits per heavy atom. The van der Waals surface area contributed by atoms with Gasteiger partial charge in [0, 0.05) is 19.0 Å². The number of piperidine rings is 2. The lowest BCUT2D eigenvalue weighted by Crippen LogP contribution is -2.66. The molecule has 1 spiro atoms. The van der Waals surface area contributed by atoms with Crippen LogP contribution in [0.2, 0.25) is 0 Å². The fourth-order valence-corrected chi connectivity index (χ4v) is 9.13. The number of aliphatic hydroxyl groups is 1. The van der Waals surface area contributed by atoms with Crippen LogP contribution in [0.1, 0.15) is 71.6 Å². The van der Waals surface area contributed by atoms with E-state index in [1.807, 2.05) is 0 Å². The third kappa shape index (κ3) is 1.91. The van der Waals surface area contributed by atoms with Crippen LogP contribution in [0.15, 0.2) is 0 Å². The minimum Gasteiger partial charge on any atom is -0.481 e. The number of aliphatic carboxylic acids is 1. The summed E-state index contributed by atoms with van der Waals surface area (Å²) >= 11 is 0. The number of hydrogen-bond donors (Lipinski definition) is 2. The number of rotatable bonds is 5. The molecule has 146 valence electrons. The van der Waals surface area contributed by atoms with E-state index in [2.05, 4.69) is 18.7 Å². The molecule has 0 aromatic rings. The first kappa shape index (κ1) is 17.5. The minimum absolute atomic E-state index is 0.0244. The zero-order chi connectivity index (χ0) is 18.3. The third-order valence-electron chi connectivity index (χ3n) is 9.66. The molecule has 1 unspecified atom stereocenters. The van der Waals surface area contributed by atoms with Crippen LogP contribution in [-0.2, 0) is 4.79 Å². The molecule has 4 heteroatoms. The third-order valence-corrected chi connectivity index (χ3v) is 9.66. The number of carboxylic acid groups (broad SMARTS) is 1. The SMILES string of the molecule is CC(C)[C@H]1CC[C@H]2[C@@H]3CC[C@]45[C@H](O)CC[C@H]4[C@@]2(CCCC(=O)O)[C@H]1N5C3. The molecule has 2 aliphatic carbocycles. The topological polar surface area (TPSA) is 60.8 Å². The van der Waals surface area contributed by atoms with Crippen molar-refractivity contribution in [3.8, 4) is 0 Å². The first-order chi connectivity index (χ1) is 12.4. The lowest BCUT2D eigenvalue weighted by atomic mass is 9.49. The van der Waals surface area contributed by atoms with E-state index in [4.69, 9.17) is 0 Å². The molecule has 3 saturated heterocycles. The molecule has 4 nitrogen and oxygen atoms in total. The van der Waals surface area contributed by atoms with Crippen LogP contribution in [-0.4, -0.2) is 45.3 Å². The van der Waals surface area contributed by atoms with Crippen molar-refractivity contribution >= 4 is 5.97 Å². The van der Waals surface area contributed by atoms with Crippen LogP contribution < -0.4 is 0 Å². The van der Waals surface area contributed by atoms with Crippen molar-refractivity contribution in [1.29, 1.82) is 0 Å². The van der Waals surface area contributed by atoms with Crippen LogP contribution in [0.25, 0.3) is 0 Å². The van der Waals surface area contributed by atoms with Gasteiger partial charge in [0.25, 0.3) is 0 Å². The quantitative estimate of drug-likeness (QED) is 0.786. The number of fused-ring (bicyclic) bond motifs is 2. The molecule has 5 fully saturated rings. The predicted octanol–water partition coefficient (Wildman–Crippen LogP) is 3.53. The highest BCUT2D eigenvalue weighted by Crippen LogP contribution is 2.75. The smallest absolute Gasteiger partial charge is 0.303 e.